The van der Waals surface area contributed by atoms with E-state index in [0.29, 0.717) is 19.4 Å². The lowest BCUT2D eigenvalue weighted by Gasteiger charge is -2.22. The van der Waals surface area contributed by atoms with E-state index in [1.54, 1.807) is 13.2 Å². The number of carbonyl (C=O) groups excluding carboxylic acids is 1. The summed E-state index contributed by atoms with van der Waals surface area (Å²) < 4.78 is 0. The predicted molar refractivity (Wildman–Crippen MR) is 80.0 cm³/mol. The summed E-state index contributed by atoms with van der Waals surface area (Å²) in [4.78, 5) is 28.8. The topological polar surface area (TPSA) is 82.5 Å². The number of likely N-dealkylation sites (N-methyl/N-ethyl adjacent to an activating group) is 1. The molecule has 1 aromatic rings. The van der Waals surface area contributed by atoms with Gasteiger partial charge in [0.25, 0.3) is 0 Å². The summed E-state index contributed by atoms with van der Waals surface area (Å²) in [5.74, 6) is -0.805. The van der Waals surface area contributed by atoms with Crippen molar-refractivity contribution in [3.63, 3.8) is 0 Å². The molecule has 2 amide bonds. The highest BCUT2D eigenvalue weighted by Gasteiger charge is 2.22. The van der Waals surface area contributed by atoms with E-state index in [1.165, 1.54) is 4.90 Å². The molecule has 0 saturated heterocycles. The first kappa shape index (κ1) is 16.9. The van der Waals surface area contributed by atoms with Gasteiger partial charge in [-0.2, -0.15) is 0 Å². The number of hydrogen-bond acceptors (Lipinski definition) is 3. The molecule has 1 atom stereocenters. The number of amides is 2. The van der Waals surface area contributed by atoms with Crippen molar-refractivity contribution in [2.24, 2.45) is 5.92 Å². The molecule has 1 heterocycles. The van der Waals surface area contributed by atoms with Gasteiger partial charge in [-0.15, -0.1) is 0 Å². The fourth-order valence-corrected chi connectivity index (χ4v) is 1.88. The molecule has 0 saturated carbocycles. The quantitative estimate of drug-likeness (QED) is 0.802. The van der Waals surface area contributed by atoms with Crippen molar-refractivity contribution in [3.8, 4) is 0 Å². The lowest BCUT2D eigenvalue weighted by atomic mass is 10.0. The van der Waals surface area contributed by atoms with E-state index in [1.807, 2.05) is 32.0 Å². The summed E-state index contributed by atoms with van der Waals surface area (Å²) in [5, 5.41) is 11.7. The van der Waals surface area contributed by atoms with Gasteiger partial charge in [-0.05, 0) is 24.5 Å². The van der Waals surface area contributed by atoms with Gasteiger partial charge in [0.2, 0.25) is 0 Å². The minimum atomic E-state index is -1.00. The van der Waals surface area contributed by atoms with Crippen molar-refractivity contribution in [1.29, 1.82) is 0 Å². The summed E-state index contributed by atoms with van der Waals surface area (Å²) in [6.45, 7) is 4.33. The van der Waals surface area contributed by atoms with Crippen molar-refractivity contribution >= 4 is 12.0 Å². The zero-order valence-corrected chi connectivity index (χ0v) is 12.7. The molecular weight excluding hydrogens is 270 g/mol. The van der Waals surface area contributed by atoms with Crippen molar-refractivity contribution in [2.75, 3.05) is 13.6 Å². The number of rotatable bonds is 7. The molecule has 0 aliphatic rings. The van der Waals surface area contributed by atoms with Gasteiger partial charge in [0.15, 0.2) is 0 Å². The van der Waals surface area contributed by atoms with Gasteiger partial charge < -0.3 is 15.3 Å². The number of pyridine rings is 1. The van der Waals surface area contributed by atoms with Gasteiger partial charge in [-0.3, -0.25) is 4.98 Å². The first-order chi connectivity index (χ1) is 9.90. The van der Waals surface area contributed by atoms with E-state index in [2.05, 4.69) is 10.3 Å². The van der Waals surface area contributed by atoms with Crippen LogP contribution in [0.5, 0.6) is 0 Å². The normalized spacial score (nSPS) is 12.0. The van der Waals surface area contributed by atoms with E-state index in [0.717, 1.165) is 5.69 Å². The van der Waals surface area contributed by atoms with Crippen molar-refractivity contribution in [3.05, 3.63) is 30.1 Å². The highest BCUT2D eigenvalue weighted by Crippen LogP contribution is 2.05. The molecule has 6 nitrogen and oxygen atoms in total. The Morgan fingerprint density at radius 3 is 2.62 bits per heavy atom. The first-order valence-corrected chi connectivity index (χ1v) is 7.04. The number of aromatic nitrogens is 1. The van der Waals surface area contributed by atoms with Crippen molar-refractivity contribution < 1.29 is 14.7 Å². The van der Waals surface area contributed by atoms with Crippen LogP contribution in [0, 0.1) is 5.92 Å². The average Bonchev–Trinajstić information content (AvgIpc) is 2.44. The summed E-state index contributed by atoms with van der Waals surface area (Å²) in [7, 11) is 1.65. The van der Waals surface area contributed by atoms with Gasteiger partial charge in [0, 0.05) is 31.9 Å². The molecule has 0 aliphatic heterocycles. The second-order valence-corrected chi connectivity index (χ2v) is 5.46. The Kier molecular flexibility index (Phi) is 6.65. The van der Waals surface area contributed by atoms with Gasteiger partial charge in [0.1, 0.15) is 6.04 Å². The fourth-order valence-electron chi connectivity index (χ4n) is 1.88. The van der Waals surface area contributed by atoms with Crippen molar-refractivity contribution in [2.45, 2.75) is 32.7 Å². The zero-order valence-electron chi connectivity index (χ0n) is 12.7. The highest BCUT2D eigenvalue weighted by molar-refractivity contribution is 5.82. The molecule has 0 radical (unpaired) electrons. The van der Waals surface area contributed by atoms with Crippen molar-refractivity contribution in [1.82, 2.24) is 15.2 Å². The Hall–Kier alpha value is -2.11. The Morgan fingerprint density at radius 1 is 1.38 bits per heavy atom. The van der Waals surface area contributed by atoms with Crippen LogP contribution < -0.4 is 5.32 Å². The molecule has 1 aromatic heterocycles. The third-order valence-corrected chi connectivity index (χ3v) is 3.08. The third kappa shape index (κ3) is 6.25. The van der Waals surface area contributed by atoms with Crippen LogP contribution in [-0.2, 0) is 11.2 Å². The Morgan fingerprint density at radius 2 is 2.10 bits per heavy atom. The van der Waals surface area contributed by atoms with E-state index in [9.17, 15) is 9.59 Å². The van der Waals surface area contributed by atoms with Crippen LogP contribution in [0.15, 0.2) is 24.4 Å². The maximum atomic E-state index is 12.0. The summed E-state index contributed by atoms with van der Waals surface area (Å²) in [6, 6.07) is 4.40. The van der Waals surface area contributed by atoms with E-state index >= 15 is 0 Å². The van der Waals surface area contributed by atoms with Gasteiger partial charge >= 0.3 is 12.0 Å². The van der Waals surface area contributed by atoms with Gasteiger partial charge in [-0.1, -0.05) is 19.9 Å². The van der Waals surface area contributed by atoms with E-state index in [-0.39, 0.29) is 11.9 Å². The molecule has 6 heteroatoms. The van der Waals surface area contributed by atoms with Crippen LogP contribution in [-0.4, -0.2) is 46.6 Å². The largest absolute Gasteiger partial charge is 0.480 e. The van der Waals surface area contributed by atoms with Gasteiger partial charge in [0.05, 0.1) is 0 Å². The van der Waals surface area contributed by atoms with Crippen LogP contribution >= 0.6 is 0 Å². The Balaban J connectivity index is 2.47. The fraction of sp³-hybridized carbons (Fsp3) is 0.533. The van der Waals surface area contributed by atoms with Crippen LogP contribution in [0.3, 0.4) is 0 Å². The maximum Gasteiger partial charge on any atom is 0.326 e. The van der Waals surface area contributed by atoms with E-state index < -0.39 is 12.0 Å². The summed E-state index contributed by atoms with van der Waals surface area (Å²) >= 11 is 0. The molecular formula is C15H23N3O3. The number of hydrogen-bond donors (Lipinski definition) is 2. The minimum absolute atomic E-state index is 0.199. The number of nitrogens with zero attached hydrogens (tertiary/aromatic N) is 2. The molecule has 116 valence electrons. The number of aliphatic carboxylic acids is 1. The molecule has 0 aliphatic carbocycles. The predicted octanol–water partition coefficient (Wildman–Crippen LogP) is 1.76. The number of carboxylic acids is 1. The highest BCUT2D eigenvalue weighted by atomic mass is 16.4. The SMILES string of the molecule is CC(C)C[C@@H](NC(=O)N(C)CCc1ccccn1)C(=O)O. The summed E-state index contributed by atoms with van der Waals surface area (Å²) in [5.41, 5.74) is 0.897. The second-order valence-electron chi connectivity index (χ2n) is 5.46. The average molecular weight is 293 g/mol. The number of carbonyl (C=O) groups is 2. The molecule has 0 bridgehead atoms. The monoisotopic (exact) mass is 293 g/mol. The van der Waals surface area contributed by atoms with E-state index in [4.69, 9.17) is 5.11 Å². The number of nitrogens with one attached hydrogen (secondary N) is 1. The lowest BCUT2D eigenvalue weighted by molar-refractivity contribution is -0.139. The first-order valence-electron chi connectivity index (χ1n) is 7.04. The standard InChI is InChI=1S/C15H23N3O3/c1-11(2)10-13(14(19)20)17-15(21)18(3)9-7-12-6-4-5-8-16-12/h4-6,8,11,13H,7,9-10H2,1-3H3,(H,17,21)(H,19,20)/t13-/m1/s1. The van der Waals surface area contributed by atoms with Crippen LogP contribution in [0.2, 0.25) is 0 Å². The van der Waals surface area contributed by atoms with Gasteiger partial charge in [-0.25, -0.2) is 9.59 Å². The summed E-state index contributed by atoms with van der Waals surface area (Å²) in [6.07, 6.45) is 2.75. The number of carboxylic acid groups (broad SMARTS) is 1. The van der Waals surface area contributed by atoms with Crippen LogP contribution in [0.1, 0.15) is 26.0 Å². The molecule has 1 rings (SSSR count). The maximum absolute atomic E-state index is 12.0. The molecule has 2 N–H and O–H groups in total. The minimum Gasteiger partial charge on any atom is -0.480 e. The lowest BCUT2D eigenvalue weighted by Crippen LogP contribution is -2.47. The molecule has 21 heavy (non-hydrogen) atoms. The van der Waals surface area contributed by atoms with Crippen LogP contribution in [0.25, 0.3) is 0 Å². The second kappa shape index (κ2) is 8.24. The molecule has 0 aromatic carbocycles. The number of urea groups is 1. The molecule has 0 spiro atoms. The Labute approximate surface area is 125 Å². The smallest absolute Gasteiger partial charge is 0.326 e. The molecule has 0 fully saturated rings. The third-order valence-electron chi connectivity index (χ3n) is 3.08. The Bertz CT molecular complexity index is 462. The van der Waals surface area contributed by atoms with Crippen LogP contribution in [0.4, 0.5) is 4.79 Å². The zero-order chi connectivity index (χ0) is 15.8. The molecule has 0 unspecified atom stereocenters.